The van der Waals surface area contributed by atoms with E-state index in [0.717, 1.165) is 58.4 Å². The Balaban J connectivity index is 1.55. The number of hydrogen-bond acceptors (Lipinski definition) is 5. The zero-order valence-corrected chi connectivity index (χ0v) is 23.4. The topological polar surface area (TPSA) is 71.0 Å². The minimum atomic E-state index is -0.376. The van der Waals surface area contributed by atoms with Gasteiger partial charge in [0.25, 0.3) is 0 Å². The summed E-state index contributed by atoms with van der Waals surface area (Å²) in [6.07, 6.45) is 5.82. The van der Waals surface area contributed by atoms with Gasteiger partial charge in [0.2, 0.25) is 5.91 Å². The first-order valence-electron chi connectivity index (χ1n) is 13.7. The van der Waals surface area contributed by atoms with Gasteiger partial charge in [0.15, 0.2) is 11.6 Å². The largest absolute Gasteiger partial charge is 0.508 e. The third kappa shape index (κ3) is 7.30. The van der Waals surface area contributed by atoms with Gasteiger partial charge in [0.05, 0.1) is 6.61 Å². The standard InChI is InChI=1S/C33H37FN2O4/c1-4-39-31-17-12-25(22-30(31)34)28-8-5-7-24-21-26(37)13-16-29(24)33(28)23-10-14-27(15-11-23)40-20-19-35-18-6-9-32(38)36(2)3/h6,9-17,21-22,35,37H,4-5,7-8,18-20H2,1-3H3/b9-6+. The van der Waals surface area contributed by atoms with E-state index in [1.807, 2.05) is 49.4 Å². The number of carbonyl (C=O) groups excluding carboxylic acids is 1. The number of halogens is 1. The molecule has 0 atom stereocenters. The number of nitrogens with zero attached hydrogens (tertiary/aromatic N) is 1. The van der Waals surface area contributed by atoms with Crippen molar-refractivity contribution in [3.63, 3.8) is 0 Å². The van der Waals surface area contributed by atoms with Crippen LogP contribution in [-0.4, -0.2) is 56.3 Å². The number of allylic oxidation sites excluding steroid dienone is 1. The number of likely N-dealkylation sites (N-methyl/N-ethyl adjacent to an activating group) is 1. The summed E-state index contributed by atoms with van der Waals surface area (Å²) in [6, 6.07) is 18.6. The Kier molecular flexibility index (Phi) is 9.97. The second kappa shape index (κ2) is 13.8. The van der Waals surface area contributed by atoms with Gasteiger partial charge >= 0.3 is 0 Å². The number of aromatic hydroxyl groups is 1. The zero-order valence-electron chi connectivity index (χ0n) is 23.4. The number of aryl methyl sites for hydroxylation is 1. The molecule has 0 radical (unpaired) electrons. The van der Waals surface area contributed by atoms with E-state index in [2.05, 4.69) is 5.32 Å². The number of nitrogens with one attached hydrogen (secondary N) is 1. The lowest BCUT2D eigenvalue weighted by molar-refractivity contribution is -0.123. The van der Waals surface area contributed by atoms with E-state index in [1.54, 1.807) is 44.4 Å². The van der Waals surface area contributed by atoms with Gasteiger partial charge in [-0.3, -0.25) is 4.79 Å². The third-order valence-corrected chi connectivity index (χ3v) is 6.77. The van der Waals surface area contributed by atoms with Crippen LogP contribution in [0.25, 0.3) is 11.1 Å². The van der Waals surface area contributed by atoms with Gasteiger partial charge in [-0.2, -0.15) is 0 Å². The molecule has 3 aromatic carbocycles. The Labute approximate surface area is 235 Å². The lowest BCUT2D eigenvalue weighted by Gasteiger charge is -2.18. The van der Waals surface area contributed by atoms with Crippen molar-refractivity contribution in [1.82, 2.24) is 10.2 Å². The summed E-state index contributed by atoms with van der Waals surface area (Å²) in [7, 11) is 3.44. The first kappa shape index (κ1) is 28.9. The minimum absolute atomic E-state index is 0.0443. The second-order valence-corrected chi connectivity index (χ2v) is 9.84. The SMILES string of the molecule is CCOc1ccc(C2=C(c3ccc(OCCNC/C=C/C(=O)N(C)C)cc3)c3ccc(O)cc3CCC2)cc1F. The fourth-order valence-corrected chi connectivity index (χ4v) is 4.81. The molecule has 4 rings (SSSR count). The molecule has 0 fully saturated rings. The molecule has 0 aromatic heterocycles. The van der Waals surface area contributed by atoms with E-state index in [1.165, 1.54) is 4.90 Å². The van der Waals surface area contributed by atoms with Gasteiger partial charge in [0, 0.05) is 33.3 Å². The molecule has 210 valence electrons. The van der Waals surface area contributed by atoms with Crippen molar-refractivity contribution in [1.29, 1.82) is 0 Å². The average Bonchev–Trinajstić information content (AvgIpc) is 3.13. The smallest absolute Gasteiger partial charge is 0.245 e. The van der Waals surface area contributed by atoms with Gasteiger partial charge in [-0.1, -0.05) is 30.3 Å². The lowest BCUT2D eigenvalue weighted by atomic mass is 9.87. The Morgan fingerprint density at radius 2 is 1.80 bits per heavy atom. The molecule has 0 heterocycles. The molecule has 0 spiro atoms. The van der Waals surface area contributed by atoms with Gasteiger partial charge in [-0.15, -0.1) is 0 Å². The quantitative estimate of drug-likeness (QED) is 0.235. The third-order valence-electron chi connectivity index (χ3n) is 6.77. The van der Waals surface area contributed by atoms with Crippen LogP contribution in [0.4, 0.5) is 4.39 Å². The molecule has 0 aliphatic heterocycles. The number of hydrogen-bond donors (Lipinski definition) is 2. The number of phenolic OH excluding ortho intramolecular Hbond substituents is 1. The number of carbonyl (C=O) groups is 1. The maximum absolute atomic E-state index is 14.9. The first-order valence-corrected chi connectivity index (χ1v) is 13.7. The Hall–Kier alpha value is -4.10. The zero-order chi connectivity index (χ0) is 28.5. The summed E-state index contributed by atoms with van der Waals surface area (Å²) < 4.78 is 26.2. The summed E-state index contributed by atoms with van der Waals surface area (Å²) in [5, 5.41) is 13.4. The Morgan fingerprint density at radius 1 is 1.02 bits per heavy atom. The monoisotopic (exact) mass is 544 g/mol. The van der Waals surface area contributed by atoms with E-state index in [0.29, 0.717) is 26.3 Å². The van der Waals surface area contributed by atoms with Crippen molar-refractivity contribution in [3.8, 4) is 17.2 Å². The lowest BCUT2D eigenvalue weighted by Crippen LogP contribution is -2.22. The molecule has 0 unspecified atom stereocenters. The molecule has 7 heteroatoms. The highest BCUT2D eigenvalue weighted by molar-refractivity contribution is 6.00. The maximum atomic E-state index is 14.9. The summed E-state index contributed by atoms with van der Waals surface area (Å²) in [5.41, 5.74) is 6.03. The summed E-state index contributed by atoms with van der Waals surface area (Å²) >= 11 is 0. The Morgan fingerprint density at radius 3 is 2.52 bits per heavy atom. The molecule has 1 amide bonds. The van der Waals surface area contributed by atoms with Gasteiger partial charge in [-0.05, 0) is 96.0 Å². The van der Waals surface area contributed by atoms with Crippen LogP contribution in [0.3, 0.4) is 0 Å². The van der Waals surface area contributed by atoms with Crippen molar-refractivity contribution in [3.05, 3.63) is 101 Å². The van der Waals surface area contributed by atoms with Crippen molar-refractivity contribution >= 4 is 17.1 Å². The molecule has 2 N–H and O–H groups in total. The molecule has 40 heavy (non-hydrogen) atoms. The molecule has 0 saturated carbocycles. The van der Waals surface area contributed by atoms with Crippen LogP contribution in [0.2, 0.25) is 0 Å². The highest BCUT2D eigenvalue weighted by atomic mass is 19.1. The number of benzene rings is 3. The molecule has 0 saturated heterocycles. The predicted molar refractivity (Wildman–Crippen MR) is 157 cm³/mol. The van der Waals surface area contributed by atoms with Crippen molar-refractivity contribution in [2.45, 2.75) is 26.2 Å². The van der Waals surface area contributed by atoms with E-state index < -0.39 is 0 Å². The van der Waals surface area contributed by atoms with Gasteiger partial charge in [-0.25, -0.2) is 4.39 Å². The van der Waals surface area contributed by atoms with Crippen LogP contribution in [0, 0.1) is 5.82 Å². The van der Waals surface area contributed by atoms with Crippen LogP contribution < -0.4 is 14.8 Å². The second-order valence-electron chi connectivity index (χ2n) is 9.84. The number of phenols is 1. The predicted octanol–water partition coefficient (Wildman–Crippen LogP) is 5.84. The van der Waals surface area contributed by atoms with E-state index in [-0.39, 0.29) is 23.2 Å². The van der Waals surface area contributed by atoms with E-state index in [9.17, 15) is 14.3 Å². The highest BCUT2D eigenvalue weighted by Crippen LogP contribution is 2.41. The fourth-order valence-electron chi connectivity index (χ4n) is 4.81. The van der Waals surface area contributed by atoms with Crippen LogP contribution in [0.5, 0.6) is 17.2 Å². The number of fused-ring (bicyclic) bond motifs is 1. The summed E-state index contributed by atoms with van der Waals surface area (Å²) in [4.78, 5) is 13.1. The molecule has 1 aliphatic rings. The van der Waals surface area contributed by atoms with E-state index >= 15 is 0 Å². The van der Waals surface area contributed by atoms with Crippen LogP contribution in [0.15, 0.2) is 72.8 Å². The fraction of sp³-hybridized carbons (Fsp3) is 0.303. The molecule has 1 aliphatic carbocycles. The highest BCUT2D eigenvalue weighted by Gasteiger charge is 2.21. The molecular formula is C33H37FN2O4. The average molecular weight is 545 g/mol. The molecular weight excluding hydrogens is 507 g/mol. The number of rotatable bonds is 11. The van der Waals surface area contributed by atoms with Crippen LogP contribution >= 0.6 is 0 Å². The van der Waals surface area contributed by atoms with Crippen LogP contribution in [-0.2, 0) is 11.2 Å². The van der Waals surface area contributed by atoms with Crippen molar-refractivity contribution in [2.75, 3.05) is 40.4 Å². The normalized spacial score (nSPS) is 13.2. The first-order chi connectivity index (χ1) is 19.4. The van der Waals surface area contributed by atoms with Crippen molar-refractivity contribution < 1.29 is 23.8 Å². The van der Waals surface area contributed by atoms with Crippen molar-refractivity contribution in [2.24, 2.45) is 0 Å². The van der Waals surface area contributed by atoms with E-state index in [4.69, 9.17) is 9.47 Å². The van der Waals surface area contributed by atoms with Gasteiger partial charge in [0.1, 0.15) is 18.1 Å². The molecule has 3 aromatic rings. The maximum Gasteiger partial charge on any atom is 0.245 e. The molecule has 0 bridgehead atoms. The minimum Gasteiger partial charge on any atom is -0.508 e. The summed E-state index contributed by atoms with van der Waals surface area (Å²) in [6.45, 7) is 3.94. The van der Waals surface area contributed by atoms with Crippen LogP contribution in [0.1, 0.15) is 42.0 Å². The molecule has 6 nitrogen and oxygen atoms in total. The number of amides is 1. The summed E-state index contributed by atoms with van der Waals surface area (Å²) in [5.74, 6) is 0.820. The Bertz CT molecular complexity index is 1380. The number of ether oxygens (including phenoxy) is 2. The van der Waals surface area contributed by atoms with Gasteiger partial charge < -0.3 is 24.8 Å².